The maximum atomic E-state index is 12.7. The number of carbonyl (C=O) groups is 2. The fraction of sp³-hybridized carbons (Fsp3) is 0.471. The second-order valence-electron chi connectivity index (χ2n) is 6.70. The van der Waals surface area contributed by atoms with Crippen molar-refractivity contribution in [3.05, 3.63) is 29.8 Å². The number of hydrogen-bond acceptors (Lipinski definition) is 4. The molecule has 0 radical (unpaired) electrons. The fourth-order valence-electron chi connectivity index (χ4n) is 2.68. The van der Waals surface area contributed by atoms with Crippen LogP contribution >= 0.6 is 0 Å². The highest BCUT2D eigenvalue weighted by Crippen LogP contribution is 2.23. The largest absolute Gasteiger partial charge is 0.465 e. The molecular weight excluding hydrogens is 308 g/mol. The molecule has 0 aromatic heterocycles. The van der Waals surface area contributed by atoms with Crippen LogP contribution in [0.2, 0.25) is 0 Å². The minimum absolute atomic E-state index is 0.201. The monoisotopic (exact) mass is 330 g/mol. The van der Waals surface area contributed by atoms with E-state index in [2.05, 4.69) is 6.07 Å². The Morgan fingerprint density at radius 2 is 2.04 bits per heavy atom. The van der Waals surface area contributed by atoms with Crippen molar-refractivity contribution in [2.75, 3.05) is 24.6 Å². The summed E-state index contributed by atoms with van der Waals surface area (Å²) in [6.07, 6.45) is -0.321. The number of hydrazine groups is 1. The van der Waals surface area contributed by atoms with E-state index in [0.717, 1.165) is 17.0 Å². The molecular formula is C17H22N4O3. The normalized spacial score (nSPS) is 14.4. The SMILES string of the molecule is CC(C)(C)N(CC(=O)N1CCCN1c1cccc(C#N)c1)C(=O)O. The Labute approximate surface area is 141 Å². The number of anilines is 1. The van der Waals surface area contributed by atoms with E-state index in [9.17, 15) is 14.7 Å². The number of nitrogens with zero attached hydrogens (tertiary/aromatic N) is 4. The lowest BCUT2D eigenvalue weighted by molar-refractivity contribution is -0.132. The van der Waals surface area contributed by atoms with E-state index in [1.807, 2.05) is 11.1 Å². The maximum absolute atomic E-state index is 12.7. The van der Waals surface area contributed by atoms with Gasteiger partial charge in [0.25, 0.3) is 5.91 Å². The van der Waals surface area contributed by atoms with Gasteiger partial charge < -0.3 is 5.11 Å². The summed E-state index contributed by atoms with van der Waals surface area (Å²) in [7, 11) is 0. The van der Waals surface area contributed by atoms with Gasteiger partial charge in [0.05, 0.1) is 17.3 Å². The van der Waals surface area contributed by atoms with Crippen LogP contribution in [0.1, 0.15) is 32.8 Å². The molecule has 1 heterocycles. The lowest BCUT2D eigenvalue weighted by atomic mass is 10.1. The molecule has 0 atom stereocenters. The molecule has 7 nitrogen and oxygen atoms in total. The first-order valence-corrected chi connectivity index (χ1v) is 7.82. The van der Waals surface area contributed by atoms with Crippen molar-refractivity contribution in [1.82, 2.24) is 9.91 Å². The van der Waals surface area contributed by atoms with E-state index in [4.69, 9.17) is 5.26 Å². The molecule has 1 aromatic carbocycles. The minimum atomic E-state index is -1.12. The van der Waals surface area contributed by atoms with Crippen molar-refractivity contribution in [3.63, 3.8) is 0 Å². The predicted octanol–water partition coefficient (Wildman–Crippen LogP) is 2.29. The highest BCUT2D eigenvalue weighted by molar-refractivity contribution is 5.84. The first kappa shape index (κ1) is 17.6. The van der Waals surface area contributed by atoms with Crippen LogP contribution in [-0.4, -0.2) is 52.2 Å². The smallest absolute Gasteiger partial charge is 0.408 e. The first-order valence-electron chi connectivity index (χ1n) is 7.82. The molecule has 1 aliphatic heterocycles. The van der Waals surface area contributed by atoms with E-state index in [1.165, 1.54) is 0 Å². The van der Waals surface area contributed by atoms with Crippen LogP contribution in [-0.2, 0) is 4.79 Å². The van der Waals surface area contributed by atoms with Crippen LogP contribution in [0.4, 0.5) is 10.5 Å². The molecule has 1 aliphatic rings. The van der Waals surface area contributed by atoms with E-state index >= 15 is 0 Å². The third kappa shape index (κ3) is 3.77. The Bertz CT molecular complexity index is 675. The lowest BCUT2D eigenvalue weighted by Crippen LogP contribution is -2.52. The number of benzene rings is 1. The number of rotatable bonds is 3. The number of carbonyl (C=O) groups excluding carboxylic acids is 1. The summed E-state index contributed by atoms with van der Waals surface area (Å²) in [4.78, 5) is 25.2. The molecule has 0 unspecified atom stereocenters. The van der Waals surface area contributed by atoms with Crippen molar-refractivity contribution in [1.29, 1.82) is 5.26 Å². The molecule has 1 saturated heterocycles. The van der Waals surface area contributed by atoms with E-state index < -0.39 is 11.6 Å². The quantitative estimate of drug-likeness (QED) is 0.918. The van der Waals surface area contributed by atoms with Crippen LogP contribution in [0, 0.1) is 11.3 Å². The van der Waals surface area contributed by atoms with Gasteiger partial charge in [-0.3, -0.25) is 19.7 Å². The Kier molecular flexibility index (Phi) is 4.98. The molecule has 24 heavy (non-hydrogen) atoms. The van der Waals surface area contributed by atoms with Crippen LogP contribution in [0.3, 0.4) is 0 Å². The maximum Gasteiger partial charge on any atom is 0.408 e. The molecule has 0 bridgehead atoms. The van der Waals surface area contributed by atoms with Crippen molar-refractivity contribution < 1.29 is 14.7 Å². The van der Waals surface area contributed by atoms with Crippen molar-refractivity contribution in [3.8, 4) is 6.07 Å². The standard InChI is InChI=1S/C17H22N4O3/c1-17(2,3)19(16(23)24)12-15(22)21-9-5-8-20(21)14-7-4-6-13(10-14)11-18/h4,6-7,10H,5,8-9,12H2,1-3H3,(H,23,24). The zero-order chi connectivity index (χ0) is 17.9. The second-order valence-corrected chi connectivity index (χ2v) is 6.70. The van der Waals surface area contributed by atoms with Gasteiger partial charge in [0, 0.05) is 18.6 Å². The third-order valence-electron chi connectivity index (χ3n) is 3.93. The van der Waals surface area contributed by atoms with Crippen LogP contribution in [0.5, 0.6) is 0 Å². The Morgan fingerprint density at radius 3 is 2.62 bits per heavy atom. The van der Waals surface area contributed by atoms with Crippen molar-refractivity contribution in [2.24, 2.45) is 0 Å². The lowest BCUT2D eigenvalue weighted by Gasteiger charge is -2.36. The van der Waals surface area contributed by atoms with E-state index in [1.54, 1.807) is 44.0 Å². The van der Waals surface area contributed by atoms with Gasteiger partial charge in [0.2, 0.25) is 0 Å². The van der Waals surface area contributed by atoms with Crippen LogP contribution in [0.15, 0.2) is 24.3 Å². The Morgan fingerprint density at radius 1 is 1.33 bits per heavy atom. The highest BCUT2D eigenvalue weighted by atomic mass is 16.4. The molecule has 0 aliphatic carbocycles. The van der Waals surface area contributed by atoms with E-state index in [0.29, 0.717) is 18.7 Å². The summed E-state index contributed by atoms with van der Waals surface area (Å²) in [5, 5.41) is 21.8. The molecule has 1 fully saturated rings. The summed E-state index contributed by atoms with van der Waals surface area (Å²) in [6.45, 7) is 6.26. The average molecular weight is 330 g/mol. The van der Waals surface area contributed by atoms with Gasteiger partial charge in [-0.2, -0.15) is 5.26 Å². The highest BCUT2D eigenvalue weighted by Gasteiger charge is 2.33. The molecule has 2 amide bonds. The zero-order valence-corrected chi connectivity index (χ0v) is 14.2. The summed E-state index contributed by atoms with van der Waals surface area (Å²) in [5.41, 5.74) is 0.624. The molecule has 0 saturated carbocycles. The molecule has 1 N–H and O–H groups in total. The van der Waals surface area contributed by atoms with Gasteiger partial charge in [-0.1, -0.05) is 6.07 Å². The Balaban J connectivity index is 2.19. The summed E-state index contributed by atoms with van der Waals surface area (Å²) < 4.78 is 0. The first-order chi connectivity index (χ1) is 11.2. The third-order valence-corrected chi connectivity index (χ3v) is 3.93. The number of hydrogen-bond donors (Lipinski definition) is 1. The molecule has 128 valence electrons. The zero-order valence-electron chi connectivity index (χ0n) is 14.2. The van der Waals surface area contributed by atoms with Crippen LogP contribution in [0.25, 0.3) is 0 Å². The number of amides is 2. The summed E-state index contributed by atoms with van der Waals surface area (Å²) in [6, 6.07) is 9.13. The second kappa shape index (κ2) is 6.79. The van der Waals surface area contributed by atoms with Gasteiger partial charge in [-0.25, -0.2) is 4.79 Å². The molecule has 0 spiro atoms. The van der Waals surface area contributed by atoms with Gasteiger partial charge in [0.1, 0.15) is 6.54 Å². The van der Waals surface area contributed by atoms with Gasteiger partial charge >= 0.3 is 6.09 Å². The summed E-state index contributed by atoms with van der Waals surface area (Å²) >= 11 is 0. The van der Waals surface area contributed by atoms with Crippen molar-refractivity contribution in [2.45, 2.75) is 32.7 Å². The number of carboxylic acid groups (broad SMARTS) is 1. The van der Waals surface area contributed by atoms with Gasteiger partial charge in [-0.15, -0.1) is 0 Å². The minimum Gasteiger partial charge on any atom is -0.465 e. The van der Waals surface area contributed by atoms with E-state index in [-0.39, 0.29) is 12.5 Å². The topological polar surface area (TPSA) is 87.9 Å². The predicted molar refractivity (Wildman–Crippen MR) is 89.3 cm³/mol. The average Bonchev–Trinajstić information content (AvgIpc) is 3.00. The molecule has 7 heteroatoms. The Hall–Kier alpha value is -2.75. The van der Waals surface area contributed by atoms with Gasteiger partial charge in [0.15, 0.2) is 0 Å². The molecule has 2 rings (SSSR count). The fourth-order valence-corrected chi connectivity index (χ4v) is 2.68. The molecule has 1 aromatic rings. The summed E-state index contributed by atoms with van der Waals surface area (Å²) in [5.74, 6) is -0.271. The van der Waals surface area contributed by atoms with Crippen molar-refractivity contribution >= 4 is 17.7 Å². The number of nitriles is 1. The van der Waals surface area contributed by atoms with Crippen LogP contribution < -0.4 is 5.01 Å². The van der Waals surface area contributed by atoms with Gasteiger partial charge in [-0.05, 0) is 45.4 Å².